The zero-order valence-electron chi connectivity index (χ0n) is 15.9. The van der Waals surface area contributed by atoms with Gasteiger partial charge in [0.2, 0.25) is 0 Å². The number of nitrogens with zero attached hydrogens (tertiary/aromatic N) is 1. The lowest BCUT2D eigenvalue weighted by molar-refractivity contribution is -0.122. The highest BCUT2D eigenvalue weighted by molar-refractivity contribution is 8.18. The van der Waals surface area contributed by atoms with Gasteiger partial charge in [0, 0.05) is 24.2 Å². The minimum atomic E-state index is -0.566. The molecule has 2 aromatic rings. The molecule has 1 saturated heterocycles. The Bertz CT molecular complexity index is 1050. The summed E-state index contributed by atoms with van der Waals surface area (Å²) in [6.07, 6.45) is 1.33. The first-order valence-electron chi connectivity index (χ1n) is 8.87. The van der Waals surface area contributed by atoms with Crippen LogP contribution in [0.5, 0.6) is 0 Å². The van der Waals surface area contributed by atoms with Crippen LogP contribution >= 0.6 is 11.8 Å². The van der Waals surface area contributed by atoms with E-state index in [4.69, 9.17) is 0 Å². The van der Waals surface area contributed by atoms with Gasteiger partial charge in [0.25, 0.3) is 17.1 Å². The SMILES string of the molecule is COC(=O)c1cccc(C(=O)NCCN2C(=O)S/C(=C\c3ccccc3F)C2=O)c1. The number of amides is 3. The number of hydrogen-bond donors (Lipinski definition) is 1. The summed E-state index contributed by atoms with van der Waals surface area (Å²) >= 11 is 0.716. The fraction of sp³-hybridized carbons (Fsp3) is 0.143. The van der Waals surface area contributed by atoms with E-state index >= 15 is 0 Å². The van der Waals surface area contributed by atoms with Gasteiger partial charge < -0.3 is 10.1 Å². The van der Waals surface area contributed by atoms with Gasteiger partial charge in [0.1, 0.15) is 5.82 Å². The van der Waals surface area contributed by atoms with Crippen LogP contribution in [0.2, 0.25) is 0 Å². The average Bonchev–Trinajstić information content (AvgIpc) is 3.02. The molecule has 1 aliphatic rings. The molecule has 1 aliphatic heterocycles. The Morgan fingerprint density at radius 1 is 1.13 bits per heavy atom. The minimum absolute atomic E-state index is 0.0201. The normalized spacial score (nSPS) is 14.9. The van der Waals surface area contributed by atoms with Gasteiger partial charge in [-0.25, -0.2) is 9.18 Å². The van der Waals surface area contributed by atoms with Gasteiger partial charge in [-0.1, -0.05) is 24.3 Å². The number of thioether (sulfide) groups is 1. The topological polar surface area (TPSA) is 92.8 Å². The molecule has 9 heteroatoms. The van der Waals surface area contributed by atoms with Gasteiger partial charge >= 0.3 is 5.97 Å². The van der Waals surface area contributed by atoms with Gasteiger partial charge in [-0.2, -0.15) is 0 Å². The summed E-state index contributed by atoms with van der Waals surface area (Å²) in [7, 11) is 1.24. The fourth-order valence-corrected chi connectivity index (χ4v) is 3.57. The second-order valence-electron chi connectivity index (χ2n) is 6.18. The summed E-state index contributed by atoms with van der Waals surface area (Å²) in [5.74, 6) is -2.07. The van der Waals surface area contributed by atoms with E-state index in [1.807, 2.05) is 0 Å². The highest BCUT2D eigenvalue weighted by Gasteiger charge is 2.34. The maximum absolute atomic E-state index is 13.8. The first kappa shape index (κ1) is 21.3. The zero-order valence-corrected chi connectivity index (χ0v) is 16.7. The molecule has 2 aromatic carbocycles. The van der Waals surface area contributed by atoms with Crippen LogP contribution in [-0.4, -0.2) is 48.1 Å². The number of carbonyl (C=O) groups excluding carboxylic acids is 4. The van der Waals surface area contributed by atoms with Crippen LogP contribution in [0.1, 0.15) is 26.3 Å². The third-order valence-corrected chi connectivity index (χ3v) is 5.14. The lowest BCUT2D eigenvalue weighted by Crippen LogP contribution is -2.37. The Hall–Kier alpha value is -3.46. The lowest BCUT2D eigenvalue weighted by atomic mass is 10.1. The van der Waals surface area contributed by atoms with E-state index in [9.17, 15) is 23.6 Å². The maximum atomic E-state index is 13.8. The highest BCUT2D eigenvalue weighted by Crippen LogP contribution is 2.32. The van der Waals surface area contributed by atoms with Crippen molar-refractivity contribution in [2.24, 2.45) is 0 Å². The van der Waals surface area contributed by atoms with Gasteiger partial charge in [0.05, 0.1) is 17.6 Å². The van der Waals surface area contributed by atoms with E-state index in [2.05, 4.69) is 10.1 Å². The molecule has 0 unspecified atom stereocenters. The second kappa shape index (κ2) is 9.36. The number of esters is 1. The predicted octanol–water partition coefficient (Wildman–Crippen LogP) is 3.08. The van der Waals surface area contributed by atoms with E-state index in [0.29, 0.717) is 11.8 Å². The van der Waals surface area contributed by atoms with E-state index in [1.165, 1.54) is 49.6 Å². The highest BCUT2D eigenvalue weighted by atomic mass is 32.2. The molecule has 0 aliphatic carbocycles. The predicted molar refractivity (Wildman–Crippen MR) is 109 cm³/mol. The lowest BCUT2D eigenvalue weighted by Gasteiger charge is -2.13. The minimum Gasteiger partial charge on any atom is -0.465 e. The van der Waals surface area contributed by atoms with Crippen molar-refractivity contribution in [2.45, 2.75) is 0 Å². The molecule has 0 atom stereocenters. The monoisotopic (exact) mass is 428 g/mol. The summed E-state index contributed by atoms with van der Waals surface area (Å²) < 4.78 is 18.4. The number of halogens is 1. The van der Waals surface area contributed by atoms with Crippen LogP contribution in [0.4, 0.5) is 9.18 Å². The molecule has 0 aromatic heterocycles. The van der Waals surface area contributed by atoms with Crippen LogP contribution in [0.3, 0.4) is 0 Å². The van der Waals surface area contributed by atoms with Crippen molar-refractivity contribution in [3.8, 4) is 0 Å². The van der Waals surface area contributed by atoms with Crippen molar-refractivity contribution >= 4 is 40.9 Å². The number of methoxy groups -OCH3 is 1. The van der Waals surface area contributed by atoms with Crippen molar-refractivity contribution < 1.29 is 28.3 Å². The summed E-state index contributed by atoms with van der Waals surface area (Å²) in [6, 6.07) is 11.9. The molecule has 3 rings (SSSR count). The molecule has 3 amide bonds. The van der Waals surface area contributed by atoms with Gasteiger partial charge in [-0.15, -0.1) is 0 Å². The third kappa shape index (κ3) is 4.74. The van der Waals surface area contributed by atoms with Crippen molar-refractivity contribution in [2.75, 3.05) is 20.2 Å². The van der Waals surface area contributed by atoms with Crippen molar-refractivity contribution in [1.29, 1.82) is 0 Å². The van der Waals surface area contributed by atoms with Gasteiger partial charge in [-0.3, -0.25) is 19.3 Å². The van der Waals surface area contributed by atoms with Crippen LogP contribution in [0.15, 0.2) is 53.4 Å². The smallest absolute Gasteiger partial charge is 0.337 e. The molecule has 1 heterocycles. The summed E-state index contributed by atoms with van der Waals surface area (Å²) in [6.45, 7) is -0.0198. The van der Waals surface area contributed by atoms with Gasteiger partial charge in [0.15, 0.2) is 0 Å². The molecule has 0 saturated carbocycles. The number of hydrogen-bond acceptors (Lipinski definition) is 6. The van der Waals surface area contributed by atoms with Crippen LogP contribution in [0.25, 0.3) is 6.08 Å². The molecule has 7 nitrogen and oxygen atoms in total. The number of imide groups is 1. The molecule has 30 heavy (non-hydrogen) atoms. The summed E-state index contributed by atoms with van der Waals surface area (Å²) in [4.78, 5) is 49.5. The number of ether oxygens (including phenoxy) is 1. The Labute approximate surface area is 175 Å². The third-order valence-electron chi connectivity index (χ3n) is 4.23. The quantitative estimate of drug-likeness (QED) is 0.562. The van der Waals surface area contributed by atoms with E-state index in [1.54, 1.807) is 12.1 Å². The zero-order chi connectivity index (χ0) is 21.7. The van der Waals surface area contributed by atoms with Crippen molar-refractivity contribution in [3.63, 3.8) is 0 Å². The average molecular weight is 428 g/mol. The number of benzene rings is 2. The summed E-state index contributed by atoms with van der Waals surface area (Å²) in [5.41, 5.74) is 0.683. The van der Waals surface area contributed by atoms with Crippen LogP contribution in [-0.2, 0) is 9.53 Å². The van der Waals surface area contributed by atoms with Crippen LogP contribution in [0, 0.1) is 5.82 Å². The maximum Gasteiger partial charge on any atom is 0.337 e. The molecule has 0 spiro atoms. The van der Waals surface area contributed by atoms with Gasteiger partial charge in [-0.05, 0) is 42.1 Å². The van der Waals surface area contributed by atoms with E-state index in [-0.39, 0.29) is 34.7 Å². The largest absolute Gasteiger partial charge is 0.465 e. The number of nitrogens with one attached hydrogen (secondary N) is 1. The summed E-state index contributed by atoms with van der Waals surface area (Å²) in [5, 5.41) is 2.10. The molecular weight excluding hydrogens is 411 g/mol. The Morgan fingerprint density at radius 2 is 1.87 bits per heavy atom. The number of rotatable bonds is 6. The van der Waals surface area contributed by atoms with Crippen molar-refractivity contribution in [1.82, 2.24) is 10.2 Å². The fourth-order valence-electron chi connectivity index (χ4n) is 2.71. The molecular formula is C21H17FN2O5S. The molecule has 0 radical (unpaired) electrons. The standard InChI is InChI=1S/C21H17FN2O5S/c1-29-20(27)15-7-4-6-14(11-15)18(25)23-9-10-24-19(26)17(30-21(24)28)12-13-5-2-3-8-16(13)22/h2-8,11-12H,9-10H2,1H3,(H,23,25)/b17-12-. The Balaban J connectivity index is 1.60. The molecule has 0 bridgehead atoms. The Kier molecular flexibility index (Phi) is 6.63. The molecule has 1 fully saturated rings. The number of carbonyl (C=O) groups is 4. The first-order chi connectivity index (χ1) is 14.4. The Morgan fingerprint density at radius 3 is 2.60 bits per heavy atom. The van der Waals surface area contributed by atoms with E-state index < -0.39 is 28.8 Å². The van der Waals surface area contributed by atoms with E-state index in [0.717, 1.165) is 4.90 Å². The second-order valence-corrected chi connectivity index (χ2v) is 7.18. The van der Waals surface area contributed by atoms with Crippen LogP contribution < -0.4 is 5.32 Å². The van der Waals surface area contributed by atoms with Crippen molar-refractivity contribution in [3.05, 3.63) is 75.9 Å². The molecule has 1 N–H and O–H groups in total. The first-order valence-corrected chi connectivity index (χ1v) is 9.69. The molecule has 154 valence electrons.